The number of para-hydroxylation sites is 1. The second kappa shape index (κ2) is 20.0. The average Bonchev–Trinajstić information content (AvgIpc) is 3.08. The van der Waals surface area contributed by atoms with Crippen molar-refractivity contribution in [2.75, 3.05) is 38.7 Å². The molecule has 2 aromatic carbocycles. The van der Waals surface area contributed by atoms with Gasteiger partial charge in [0.25, 0.3) is 5.09 Å². The number of amides is 1. The first-order chi connectivity index (χ1) is 23.0. The second-order valence-electron chi connectivity index (χ2n) is 12.0. The number of carbonyl (C=O) groups is 1. The van der Waals surface area contributed by atoms with E-state index in [-0.39, 0.29) is 12.5 Å². The van der Waals surface area contributed by atoms with E-state index < -0.39 is 5.09 Å². The molecule has 10 heteroatoms. The molecular formula is C37H50N4O6. The van der Waals surface area contributed by atoms with Crippen LogP contribution in [0.4, 0.5) is 5.69 Å². The fraction of sp³-hybridized carbons (Fsp3) is 0.514. The lowest BCUT2D eigenvalue weighted by Gasteiger charge is -2.21. The second-order valence-corrected chi connectivity index (χ2v) is 12.0. The Hall–Kier alpha value is -4.34. The van der Waals surface area contributed by atoms with E-state index in [1.807, 2.05) is 18.2 Å². The summed E-state index contributed by atoms with van der Waals surface area (Å²) in [4.78, 5) is 31.7. The van der Waals surface area contributed by atoms with Crippen LogP contribution in [-0.2, 0) is 22.5 Å². The van der Waals surface area contributed by atoms with Crippen molar-refractivity contribution in [3.63, 3.8) is 0 Å². The van der Waals surface area contributed by atoms with Crippen LogP contribution in [0, 0.1) is 10.1 Å². The quantitative estimate of drug-likeness (QED) is 0.0489. The molecule has 1 aromatic heterocycles. The molecule has 1 heterocycles. The van der Waals surface area contributed by atoms with E-state index in [1.54, 1.807) is 19.3 Å². The zero-order valence-electron chi connectivity index (χ0n) is 27.8. The Morgan fingerprint density at radius 2 is 1.62 bits per heavy atom. The van der Waals surface area contributed by atoms with E-state index in [0.717, 1.165) is 69.0 Å². The summed E-state index contributed by atoms with van der Waals surface area (Å²) in [5.41, 5.74) is 5.96. The molecular weight excluding hydrogens is 596 g/mol. The number of carbonyl (C=O) groups excluding carboxylic acids is 1. The Bertz CT molecular complexity index is 1460. The number of nitrogens with one attached hydrogen (secondary N) is 2. The van der Waals surface area contributed by atoms with Gasteiger partial charge < -0.3 is 24.9 Å². The lowest BCUT2D eigenvalue weighted by Crippen LogP contribution is -2.21. The number of hydrogen-bond acceptors (Lipinski definition) is 8. The van der Waals surface area contributed by atoms with Crippen LogP contribution in [0.5, 0.6) is 11.5 Å². The summed E-state index contributed by atoms with van der Waals surface area (Å²) in [6.07, 6.45) is 18.0. The summed E-state index contributed by atoms with van der Waals surface area (Å²) in [5.74, 6) is 1.14. The molecule has 4 rings (SSSR count). The largest absolute Gasteiger partial charge is 0.493 e. The third-order valence-electron chi connectivity index (χ3n) is 8.48. The number of fused-ring (bicyclic) bond motifs is 2. The molecule has 0 saturated carbocycles. The van der Waals surface area contributed by atoms with Crippen LogP contribution < -0.4 is 20.1 Å². The first-order valence-electron chi connectivity index (χ1n) is 17.2. The van der Waals surface area contributed by atoms with Crippen molar-refractivity contribution < 1.29 is 24.2 Å². The molecule has 1 aliphatic rings. The zero-order chi connectivity index (χ0) is 33.1. The van der Waals surface area contributed by atoms with Crippen LogP contribution in [0.1, 0.15) is 93.9 Å². The monoisotopic (exact) mass is 646 g/mol. The molecule has 0 atom stereocenters. The van der Waals surface area contributed by atoms with Crippen LogP contribution in [0.15, 0.2) is 48.5 Å². The number of pyridine rings is 1. The number of unbranched alkanes of at least 4 members (excludes halogenated alkanes) is 8. The lowest BCUT2D eigenvalue weighted by molar-refractivity contribution is -0.757. The van der Waals surface area contributed by atoms with Gasteiger partial charge in [-0.05, 0) is 86.8 Å². The van der Waals surface area contributed by atoms with Crippen molar-refractivity contribution in [3.05, 3.63) is 75.5 Å². The first kappa shape index (κ1) is 35.5. The minimum Gasteiger partial charge on any atom is -0.493 e. The van der Waals surface area contributed by atoms with Gasteiger partial charge in [0.1, 0.15) is 0 Å². The number of anilines is 1. The molecule has 0 bridgehead atoms. The molecule has 0 aliphatic heterocycles. The minimum atomic E-state index is -0.763. The molecule has 254 valence electrons. The van der Waals surface area contributed by atoms with Gasteiger partial charge in [-0.1, -0.05) is 62.8 Å². The number of nitrogens with zero attached hydrogens (tertiary/aromatic N) is 2. The Morgan fingerprint density at radius 1 is 0.894 bits per heavy atom. The molecule has 10 nitrogen and oxygen atoms in total. The molecule has 0 spiro atoms. The van der Waals surface area contributed by atoms with E-state index in [0.29, 0.717) is 31.1 Å². The normalized spacial score (nSPS) is 12.5. The topological polar surface area (TPSA) is 125 Å². The maximum absolute atomic E-state index is 12.3. The number of aromatic nitrogens is 1. The number of aryl methyl sites for hydroxylation is 1. The van der Waals surface area contributed by atoms with Gasteiger partial charge in [-0.3, -0.25) is 9.78 Å². The van der Waals surface area contributed by atoms with Gasteiger partial charge in [0.15, 0.2) is 11.5 Å². The Balaban J connectivity index is 1.05. The van der Waals surface area contributed by atoms with Crippen molar-refractivity contribution in [1.29, 1.82) is 0 Å². The maximum Gasteiger partial charge on any atom is 0.294 e. The smallest absolute Gasteiger partial charge is 0.294 e. The van der Waals surface area contributed by atoms with Gasteiger partial charge in [-0.15, -0.1) is 10.1 Å². The number of benzene rings is 2. The third-order valence-corrected chi connectivity index (χ3v) is 8.48. The van der Waals surface area contributed by atoms with Crippen LogP contribution in [0.2, 0.25) is 0 Å². The van der Waals surface area contributed by atoms with Crippen molar-refractivity contribution in [3.8, 4) is 11.5 Å². The standard InChI is InChI=1S/C37H50N4O6/c1-45-35-28-29(20-22-34(35)46-26-14-6-7-15-27-47-41(43)44)21-23-36(42)38-24-12-4-2-3-5-13-25-39-37-30-16-8-10-18-32(30)40-33-19-11-9-17-31(33)37/h8,10,16,18,20-23,28H,2-7,9,11-15,17,19,24-27H2,1H3,(H,38,42)(H,39,40)/b23-21+. The lowest BCUT2D eigenvalue weighted by atomic mass is 9.92. The summed E-state index contributed by atoms with van der Waals surface area (Å²) in [5, 5.41) is 17.4. The number of ether oxygens (including phenoxy) is 2. The number of rotatable bonds is 22. The van der Waals surface area contributed by atoms with Gasteiger partial charge >= 0.3 is 0 Å². The SMILES string of the molecule is COc1cc(/C=C/C(=O)NCCCCCCCCNc2c3c(nc4ccccc24)CCCC3)ccc1OCCCCCCO[N+](=O)[O-]. The summed E-state index contributed by atoms with van der Waals surface area (Å²) < 4.78 is 11.3. The van der Waals surface area contributed by atoms with E-state index in [4.69, 9.17) is 14.5 Å². The molecule has 3 aromatic rings. The molecule has 0 unspecified atom stereocenters. The summed E-state index contributed by atoms with van der Waals surface area (Å²) in [6.45, 7) is 2.30. The van der Waals surface area contributed by atoms with Crippen LogP contribution in [0.3, 0.4) is 0 Å². The fourth-order valence-electron chi connectivity index (χ4n) is 5.97. The predicted octanol–water partition coefficient (Wildman–Crippen LogP) is 7.85. The first-order valence-corrected chi connectivity index (χ1v) is 17.2. The average molecular weight is 647 g/mol. The zero-order valence-corrected chi connectivity index (χ0v) is 27.8. The molecule has 1 amide bonds. The Kier molecular flexibility index (Phi) is 15.1. The number of methoxy groups -OCH3 is 1. The van der Waals surface area contributed by atoms with Crippen molar-refractivity contribution in [1.82, 2.24) is 10.3 Å². The predicted molar refractivity (Wildman–Crippen MR) is 187 cm³/mol. The van der Waals surface area contributed by atoms with E-state index >= 15 is 0 Å². The highest BCUT2D eigenvalue weighted by molar-refractivity contribution is 5.93. The van der Waals surface area contributed by atoms with Gasteiger partial charge in [0, 0.05) is 35.9 Å². The van der Waals surface area contributed by atoms with E-state index in [9.17, 15) is 14.9 Å². The van der Waals surface area contributed by atoms with Crippen molar-refractivity contribution in [2.24, 2.45) is 0 Å². The van der Waals surface area contributed by atoms with E-state index in [2.05, 4.69) is 39.7 Å². The summed E-state index contributed by atoms with van der Waals surface area (Å²) >= 11 is 0. The molecule has 0 saturated heterocycles. The third kappa shape index (κ3) is 12.1. The van der Waals surface area contributed by atoms with Gasteiger partial charge in [-0.25, -0.2) is 0 Å². The van der Waals surface area contributed by atoms with Crippen molar-refractivity contribution in [2.45, 2.75) is 89.9 Å². The number of hydrogen-bond donors (Lipinski definition) is 2. The Labute approximate surface area is 278 Å². The Morgan fingerprint density at radius 3 is 2.43 bits per heavy atom. The summed E-state index contributed by atoms with van der Waals surface area (Å²) in [7, 11) is 1.59. The van der Waals surface area contributed by atoms with Crippen LogP contribution >= 0.6 is 0 Å². The minimum absolute atomic E-state index is 0.107. The van der Waals surface area contributed by atoms with Crippen molar-refractivity contribution >= 4 is 28.6 Å². The highest BCUT2D eigenvalue weighted by Gasteiger charge is 2.17. The molecule has 47 heavy (non-hydrogen) atoms. The molecule has 0 fully saturated rings. The van der Waals surface area contributed by atoms with Gasteiger partial charge in [0.05, 0.1) is 25.8 Å². The summed E-state index contributed by atoms with van der Waals surface area (Å²) in [6, 6.07) is 14.1. The molecule has 0 radical (unpaired) electrons. The van der Waals surface area contributed by atoms with E-state index in [1.165, 1.54) is 54.4 Å². The maximum atomic E-state index is 12.3. The van der Waals surface area contributed by atoms with Gasteiger partial charge in [0.2, 0.25) is 5.91 Å². The van der Waals surface area contributed by atoms with Crippen LogP contribution in [-0.4, -0.2) is 49.4 Å². The highest BCUT2D eigenvalue weighted by Crippen LogP contribution is 2.33. The molecule has 1 aliphatic carbocycles. The van der Waals surface area contributed by atoms with Crippen LogP contribution in [0.25, 0.3) is 17.0 Å². The fourth-order valence-corrected chi connectivity index (χ4v) is 5.97. The van der Waals surface area contributed by atoms with Gasteiger partial charge in [-0.2, -0.15) is 0 Å². The highest BCUT2D eigenvalue weighted by atomic mass is 16.9. The molecule has 2 N–H and O–H groups in total.